The topological polar surface area (TPSA) is 145 Å². The normalized spacial score (nSPS) is 18.5. The highest BCUT2D eigenvalue weighted by Gasteiger charge is 2.36. The van der Waals surface area contributed by atoms with Gasteiger partial charge in [0.25, 0.3) is 0 Å². The van der Waals surface area contributed by atoms with Gasteiger partial charge in [0, 0.05) is 19.9 Å². The average Bonchev–Trinajstić information content (AvgIpc) is 3.73. The van der Waals surface area contributed by atoms with Gasteiger partial charge in [-0.2, -0.15) is 0 Å². The number of rotatable bonds is 12. The number of methoxy groups -OCH3 is 1. The number of allylic oxidation sites excluding steroid dienone is 4. The lowest BCUT2D eigenvalue weighted by Crippen LogP contribution is -2.32. The maximum Gasteiger partial charge on any atom is 0.237 e. The van der Waals surface area contributed by atoms with Crippen molar-refractivity contribution in [2.75, 3.05) is 25.0 Å². The minimum atomic E-state index is -3.57. The Hall–Kier alpha value is -3.45. The van der Waals surface area contributed by atoms with Gasteiger partial charge in [0.2, 0.25) is 27.8 Å². The van der Waals surface area contributed by atoms with E-state index in [1.54, 1.807) is 6.20 Å². The number of hydrogen-bond acceptors (Lipinski definition) is 9. The second-order valence-electron chi connectivity index (χ2n) is 9.18. The van der Waals surface area contributed by atoms with Crippen molar-refractivity contribution in [3.05, 3.63) is 53.6 Å². The molecule has 0 aromatic carbocycles. The number of carbonyl (C=O) groups is 1. The number of halogens is 1. The Morgan fingerprint density at radius 3 is 2.76 bits per heavy atom. The van der Waals surface area contributed by atoms with E-state index in [0.717, 1.165) is 0 Å². The third kappa shape index (κ3) is 6.70. The second-order valence-corrected chi connectivity index (χ2v) is 11.1. The zero-order valence-electron chi connectivity index (χ0n) is 21.5. The van der Waals surface area contributed by atoms with Crippen LogP contribution in [0, 0.1) is 5.92 Å². The number of carbonyl (C=O) groups excluding carboxylic acids is 1. The van der Waals surface area contributed by atoms with Gasteiger partial charge in [0.1, 0.15) is 5.83 Å². The van der Waals surface area contributed by atoms with Crippen LogP contribution in [0.25, 0.3) is 5.57 Å². The molecule has 0 saturated heterocycles. The summed E-state index contributed by atoms with van der Waals surface area (Å²) < 4.78 is 52.7. The fourth-order valence-corrected chi connectivity index (χ4v) is 5.39. The number of sulfonamides is 1. The molecule has 38 heavy (non-hydrogen) atoms. The van der Waals surface area contributed by atoms with Crippen molar-refractivity contribution in [3.8, 4) is 5.88 Å². The molecule has 13 heteroatoms. The predicted molar refractivity (Wildman–Crippen MR) is 138 cm³/mol. The summed E-state index contributed by atoms with van der Waals surface area (Å²) in [5.74, 6) is -1.80. The molecule has 0 radical (unpaired) electrons. The number of nitrogens with one attached hydrogen (secondary N) is 2. The van der Waals surface area contributed by atoms with E-state index in [9.17, 15) is 13.2 Å². The van der Waals surface area contributed by atoms with Crippen LogP contribution in [0.4, 0.5) is 10.3 Å². The molecular weight excluding hydrogens is 515 g/mol. The Morgan fingerprint density at radius 2 is 2.05 bits per heavy atom. The molecule has 2 atom stereocenters. The van der Waals surface area contributed by atoms with Crippen molar-refractivity contribution in [2.24, 2.45) is 5.92 Å². The van der Waals surface area contributed by atoms with Crippen LogP contribution in [0.15, 0.2) is 42.3 Å². The third-order valence-electron chi connectivity index (χ3n) is 6.24. The SMILES string of the molecule is CCOc1cncc(C2=CC(F)=C(NC(=O)C(CCOC)c3ccnc(NS(=O)(=O)C4CC4)n3)CC2C)n1. The van der Waals surface area contributed by atoms with Crippen molar-refractivity contribution in [3.63, 3.8) is 0 Å². The Bertz CT molecular complexity index is 1350. The van der Waals surface area contributed by atoms with Crippen LogP contribution in [-0.2, 0) is 19.6 Å². The number of anilines is 1. The van der Waals surface area contributed by atoms with E-state index in [4.69, 9.17) is 9.47 Å². The Labute approximate surface area is 221 Å². The van der Waals surface area contributed by atoms with E-state index in [1.165, 1.54) is 31.6 Å². The van der Waals surface area contributed by atoms with Gasteiger partial charge in [-0.1, -0.05) is 6.92 Å². The average molecular weight is 547 g/mol. The highest BCUT2D eigenvalue weighted by Crippen LogP contribution is 2.35. The van der Waals surface area contributed by atoms with E-state index in [2.05, 4.69) is 30.0 Å². The van der Waals surface area contributed by atoms with Crippen LogP contribution >= 0.6 is 0 Å². The maximum absolute atomic E-state index is 15.2. The first-order chi connectivity index (χ1) is 18.2. The monoisotopic (exact) mass is 546 g/mol. The molecular formula is C25H31FN6O5S. The fourth-order valence-electron chi connectivity index (χ4n) is 4.11. The molecule has 0 aliphatic heterocycles. The number of aromatic nitrogens is 4. The summed E-state index contributed by atoms with van der Waals surface area (Å²) in [6, 6.07) is 1.53. The smallest absolute Gasteiger partial charge is 0.237 e. The molecule has 2 N–H and O–H groups in total. The molecule has 1 fully saturated rings. The van der Waals surface area contributed by atoms with Gasteiger partial charge in [-0.05, 0) is 56.2 Å². The van der Waals surface area contributed by atoms with Crippen molar-refractivity contribution in [1.82, 2.24) is 25.3 Å². The zero-order chi connectivity index (χ0) is 27.3. The van der Waals surface area contributed by atoms with Gasteiger partial charge in [0.15, 0.2) is 0 Å². The number of hydrogen-bond donors (Lipinski definition) is 2. The number of ether oxygens (including phenoxy) is 2. The van der Waals surface area contributed by atoms with Gasteiger partial charge < -0.3 is 14.8 Å². The summed E-state index contributed by atoms with van der Waals surface area (Å²) in [5, 5.41) is 2.26. The van der Waals surface area contributed by atoms with Gasteiger partial charge in [-0.3, -0.25) is 14.5 Å². The minimum Gasteiger partial charge on any atom is -0.477 e. The van der Waals surface area contributed by atoms with E-state index >= 15 is 4.39 Å². The Morgan fingerprint density at radius 1 is 1.26 bits per heavy atom. The highest BCUT2D eigenvalue weighted by atomic mass is 32.2. The van der Waals surface area contributed by atoms with E-state index < -0.39 is 32.9 Å². The molecule has 2 aliphatic rings. The van der Waals surface area contributed by atoms with E-state index in [1.807, 2.05) is 13.8 Å². The van der Waals surface area contributed by atoms with Crippen LogP contribution in [0.3, 0.4) is 0 Å². The molecule has 0 spiro atoms. The van der Waals surface area contributed by atoms with Crippen LogP contribution < -0.4 is 14.8 Å². The van der Waals surface area contributed by atoms with E-state index in [-0.39, 0.29) is 37.0 Å². The van der Waals surface area contributed by atoms with Gasteiger partial charge in [-0.25, -0.2) is 27.8 Å². The Kier molecular flexibility index (Phi) is 8.67. The molecule has 2 heterocycles. The van der Waals surface area contributed by atoms with Gasteiger partial charge >= 0.3 is 0 Å². The quantitative estimate of drug-likeness (QED) is 0.410. The minimum absolute atomic E-state index is 0.107. The first kappa shape index (κ1) is 27.6. The van der Waals surface area contributed by atoms with Crippen molar-refractivity contribution >= 4 is 27.5 Å². The van der Waals surface area contributed by atoms with Crippen LogP contribution in [0.5, 0.6) is 5.88 Å². The summed E-state index contributed by atoms with van der Waals surface area (Å²) >= 11 is 0. The van der Waals surface area contributed by atoms with Crippen molar-refractivity contribution in [1.29, 1.82) is 0 Å². The molecule has 2 aliphatic carbocycles. The molecule has 1 amide bonds. The van der Waals surface area contributed by atoms with Gasteiger partial charge in [-0.15, -0.1) is 0 Å². The van der Waals surface area contributed by atoms with Crippen LogP contribution in [0.2, 0.25) is 0 Å². The summed E-state index contributed by atoms with van der Waals surface area (Å²) in [4.78, 5) is 30.1. The van der Waals surface area contributed by atoms with Crippen LogP contribution in [-0.4, -0.2) is 59.8 Å². The van der Waals surface area contributed by atoms with Crippen LogP contribution in [0.1, 0.15) is 56.8 Å². The third-order valence-corrected chi connectivity index (χ3v) is 8.06. The molecule has 204 valence electrons. The molecule has 1 saturated carbocycles. The van der Waals surface area contributed by atoms with Crippen molar-refractivity contribution < 1.29 is 27.1 Å². The lowest BCUT2D eigenvalue weighted by molar-refractivity contribution is -0.122. The molecule has 0 bridgehead atoms. The molecule has 4 rings (SSSR count). The first-order valence-electron chi connectivity index (χ1n) is 12.4. The Balaban J connectivity index is 1.54. The summed E-state index contributed by atoms with van der Waals surface area (Å²) in [5.41, 5.74) is 1.59. The summed E-state index contributed by atoms with van der Waals surface area (Å²) in [6.07, 6.45) is 7.44. The molecule has 2 aromatic heterocycles. The first-order valence-corrected chi connectivity index (χ1v) is 14.0. The summed E-state index contributed by atoms with van der Waals surface area (Å²) in [6.45, 7) is 4.41. The fraction of sp³-hybridized carbons (Fsp3) is 0.480. The highest BCUT2D eigenvalue weighted by molar-refractivity contribution is 7.93. The summed E-state index contributed by atoms with van der Waals surface area (Å²) in [7, 11) is -2.07. The number of nitrogens with zero attached hydrogens (tertiary/aromatic N) is 4. The zero-order valence-corrected chi connectivity index (χ0v) is 22.3. The maximum atomic E-state index is 15.2. The number of amides is 1. The lowest BCUT2D eigenvalue weighted by atomic mass is 9.88. The van der Waals surface area contributed by atoms with Gasteiger partial charge in [0.05, 0.1) is 47.3 Å². The largest absolute Gasteiger partial charge is 0.477 e. The van der Waals surface area contributed by atoms with E-state index in [0.29, 0.717) is 42.3 Å². The standard InChI is InChI=1S/C25H31FN6O5S/c1-4-37-23-14-27-13-22(29-23)18-12-19(26)21(11-15(18)2)30-24(33)17(8-10-36-3)20-7-9-28-25(31-20)32-38(34,35)16-5-6-16/h7,9,12-17H,4-6,8,10-11H2,1-3H3,(H,30,33)(H,28,31,32). The predicted octanol–water partition coefficient (Wildman–Crippen LogP) is 3.11. The second kappa shape index (κ2) is 11.9. The molecule has 2 aromatic rings. The molecule has 2 unspecified atom stereocenters. The van der Waals surface area contributed by atoms with Crippen molar-refractivity contribution in [2.45, 2.75) is 50.7 Å². The molecule has 11 nitrogen and oxygen atoms in total. The lowest BCUT2D eigenvalue weighted by Gasteiger charge is -2.24.